The maximum atomic E-state index is 13.6. The van der Waals surface area contributed by atoms with Crippen LogP contribution in [0.3, 0.4) is 0 Å². The second kappa shape index (κ2) is 8.07. The highest BCUT2D eigenvalue weighted by atomic mass is 35.5. The Kier molecular flexibility index (Phi) is 5.45. The number of benzene rings is 2. The Labute approximate surface area is 180 Å². The van der Waals surface area contributed by atoms with Crippen molar-refractivity contribution in [1.82, 2.24) is 9.38 Å². The summed E-state index contributed by atoms with van der Waals surface area (Å²) in [7, 11) is 1.26. The molecule has 0 aliphatic heterocycles. The first-order chi connectivity index (χ1) is 14.8. The van der Waals surface area contributed by atoms with Crippen LogP contribution < -0.4 is 0 Å². The minimum absolute atomic E-state index is 0.0523. The fourth-order valence-corrected chi connectivity index (χ4v) is 3.69. The van der Waals surface area contributed by atoms with Crippen LogP contribution in [-0.2, 0) is 17.3 Å². The largest absolute Gasteiger partial charge is 0.465 e. The van der Waals surface area contributed by atoms with Crippen LogP contribution in [0.4, 0.5) is 13.2 Å². The van der Waals surface area contributed by atoms with E-state index >= 15 is 0 Å². The maximum Gasteiger partial charge on any atom is 0.416 e. The molecule has 2 aromatic carbocycles. The normalized spacial score (nSPS) is 11.6. The number of carbonyl (C=O) groups is 1. The molecule has 0 amide bonds. The lowest BCUT2D eigenvalue weighted by molar-refractivity contribution is -0.138. The number of hydrogen-bond acceptors (Lipinski definition) is 3. The molecule has 158 valence electrons. The average molecular weight is 445 g/mol. The zero-order valence-electron chi connectivity index (χ0n) is 16.3. The first-order valence-corrected chi connectivity index (χ1v) is 9.66. The Morgan fingerprint density at radius 1 is 1.10 bits per heavy atom. The minimum Gasteiger partial charge on any atom is -0.465 e. The third-order valence-electron chi connectivity index (χ3n) is 4.92. The van der Waals surface area contributed by atoms with Gasteiger partial charge in [-0.15, -0.1) is 0 Å². The van der Waals surface area contributed by atoms with Crippen molar-refractivity contribution >= 4 is 23.2 Å². The Balaban J connectivity index is 1.95. The molecule has 31 heavy (non-hydrogen) atoms. The van der Waals surface area contributed by atoms with Crippen LogP contribution in [0, 0.1) is 0 Å². The van der Waals surface area contributed by atoms with Crippen molar-refractivity contribution in [2.75, 3.05) is 7.11 Å². The van der Waals surface area contributed by atoms with Gasteiger partial charge in [-0.1, -0.05) is 41.9 Å². The number of methoxy groups -OCH3 is 1. The van der Waals surface area contributed by atoms with Gasteiger partial charge in [-0.3, -0.25) is 0 Å². The first kappa shape index (κ1) is 20.9. The molecule has 0 aliphatic rings. The van der Waals surface area contributed by atoms with Crippen molar-refractivity contribution in [3.63, 3.8) is 0 Å². The summed E-state index contributed by atoms with van der Waals surface area (Å²) in [6, 6.07) is 15.5. The van der Waals surface area contributed by atoms with Gasteiger partial charge in [-0.25, -0.2) is 9.78 Å². The highest BCUT2D eigenvalue weighted by Crippen LogP contribution is 2.35. The van der Waals surface area contributed by atoms with Gasteiger partial charge in [0.15, 0.2) is 0 Å². The molecule has 4 aromatic rings. The standard InChI is InChI=1S/C23H16ClF3N2O2/c1-31-22(30)16-9-10-20-28-21(15-6-4-7-17(24)11-15)19(29(20)13-16)12-14-5-2-3-8-18(14)23(25,26)27/h2-11,13H,12H2,1H3. The van der Waals surface area contributed by atoms with Gasteiger partial charge >= 0.3 is 12.1 Å². The van der Waals surface area contributed by atoms with Gasteiger partial charge in [0, 0.05) is 23.2 Å². The molecule has 0 fully saturated rings. The van der Waals surface area contributed by atoms with Crippen molar-refractivity contribution in [1.29, 1.82) is 0 Å². The van der Waals surface area contributed by atoms with E-state index in [0.29, 0.717) is 27.6 Å². The van der Waals surface area contributed by atoms with E-state index in [4.69, 9.17) is 16.3 Å². The van der Waals surface area contributed by atoms with Crippen molar-refractivity contribution in [3.05, 3.63) is 94.3 Å². The molecule has 4 rings (SSSR count). The molecule has 0 saturated carbocycles. The van der Waals surface area contributed by atoms with Crippen LogP contribution in [0.15, 0.2) is 66.9 Å². The summed E-state index contributed by atoms with van der Waals surface area (Å²) in [5, 5.41) is 0.478. The van der Waals surface area contributed by atoms with Crippen LogP contribution in [-0.4, -0.2) is 22.5 Å². The molecular formula is C23H16ClF3N2O2. The number of fused-ring (bicyclic) bond motifs is 1. The van der Waals surface area contributed by atoms with E-state index in [1.54, 1.807) is 46.9 Å². The van der Waals surface area contributed by atoms with Crippen LogP contribution in [0.25, 0.3) is 16.9 Å². The molecule has 0 radical (unpaired) electrons. The summed E-state index contributed by atoms with van der Waals surface area (Å²) < 4.78 is 47.1. The van der Waals surface area contributed by atoms with Crippen molar-refractivity contribution in [3.8, 4) is 11.3 Å². The van der Waals surface area contributed by atoms with Gasteiger partial charge < -0.3 is 9.14 Å². The molecule has 0 bridgehead atoms. The third kappa shape index (κ3) is 4.14. The third-order valence-corrected chi connectivity index (χ3v) is 5.15. The molecule has 4 nitrogen and oxygen atoms in total. The molecule has 0 saturated heterocycles. The first-order valence-electron chi connectivity index (χ1n) is 9.28. The number of halogens is 4. The molecule has 0 spiro atoms. The highest BCUT2D eigenvalue weighted by molar-refractivity contribution is 6.30. The van der Waals surface area contributed by atoms with Crippen LogP contribution in [0.5, 0.6) is 0 Å². The summed E-state index contributed by atoms with van der Waals surface area (Å²) in [6.45, 7) is 0. The Morgan fingerprint density at radius 2 is 1.87 bits per heavy atom. The van der Waals surface area contributed by atoms with Gasteiger partial charge in [-0.05, 0) is 35.9 Å². The number of nitrogens with zero attached hydrogens (tertiary/aromatic N) is 2. The monoisotopic (exact) mass is 444 g/mol. The number of pyridine rings is 1. The summed E-state index contributed by atoms with van der Waals surface area (Å²) in [5.41, 5.74) is 1.78. The smallest absolute Gasteiger partial charge is 0.416 e. The maximum absolute atomic E-state index is 13.6. The zero-order chi connectivity index (χ0) is 22.2. The molecule has 0 unspecified atom stereocenters. The summed E-state index contributed by atoms with van der Waals surface area (Å²) in [5.74, 6) is -0.554. The number of hydrogen-bond donors (Lipinski definition) is 0. The van der Waals surface area contributed by atoms with Crippen LogP contribution >= 0.6 is 11.6 Å². The molecule has 0 aliphatic carbocycles. The SMILES string of the molecule is COC(=O)c1ccc2nc(-c3cccc(Cl)c3)c(Cc3ccccc3C(F)(F)F)n2c1. The summed E-state index contributed by atoms with van der Waals surface area (Å²) in [4.78, 5) is 16.6. The number of rotatable bonds is 4. The average Bonchev–Trinajstić information content (AvgIpc) is 3.10. The van der Waals surface area contributed by atoms with E-state index in [2.05, 4.69) is 4.98 Å². The summed E-state index contributed by atoms with van der Waals surface area (Å²) in [6.07, 6.45) is -3.03. The lowest BCUT2D eigenvalue weighted by Crippen LogP contribution is -2.10. The predicted octanol–water partition coefficient (Wildman–Crippen LogP) is 6.05. The van der Waals surface area contributed by atoms with Crippen LogP contribution in [0.1, 0.15) is 27.2 Å². The van der Waals surface area contributed by atoms with E-state index in [1.165, 1.54) is 25.4 Å². The fourth-order valence-electron chi connectivity index (χ4n) is 3.50. The molecule has 8 heteroatoms. The van der Waals surface area contributed by atoms with Crippen molar-refractivity contribution in [2.45, 2.75) is 12.6 Å². The van der Waals surface area contributed by atoms with Gasteiger partial charge in [0.1, 0.15) is 5.65 Å². The van der Waals surface area contributed by atoms with Gasteiger partial charge in [0.25, 0.3) is 0 Å². The minimum atomic E-state index is -4.50. The second-order valence-corrected chi connectivity index (χ2v) is 7.32. The van der Waals surface area contributed by atoms with E-state index in [1.807, 2.05) is 0 Å². The number of carbonyl (C=O) groups excluding carboxylic acids is 1. The Hall–Kier alpha value is -3.32. The van der Waals surface area contributed by atoms with E-state index in [0.717, 1.165) is 6.07 Å². The van der Waals surface area contributed by atoms with Crippen LogP contribution in [0.2, 0.25) is 5.02 Å². The fraction of sp³-hybridized carbons (Fsp3) is 0.130. The van der Waals surface area contributed by atoms with Gasteiger partial charge in [-0.2, -0.15) is 13.2 Å². The van der Waals surface area contributed by atoms with Crippen molar-refractivity contribution < 1.29 is 22.7 Å². The zero-order valence-corrected chi connectivity index (χ0v) is 17.0. The predicted molar refractivity (Wildman–Crippen MR) is 111 cm³/mol. The van der Waals surface area contributed by atoms with E-state index in [9.17, 15) is 18.0 Å². The van der Waals surface area contributed by atoms with E-state index in [-0.39, 0.29) is 17.5 Å². The van der Waals surface area contributed by atoms with Crippen molar-refractivity contribution in [2.24, 2.45) is 0 Å². The van der Waals surface area contributed by atoms with Gasteiger partial charge in [0.05, 0.1) is 29.6 Å². The quantitative estimate of drug-likeness (QED) is 0.360. The molecule has 0 N–H and O–H groups in total. The number of aromatic nitrogens is 2. The van der Waals surface area contributed by atoms with Gasteiger partial charge in [0.2, 0.25) is 0 Å². The topological polar surface area (TPSA) is 43.6 Å². The molecular weight excluding hydrogens is 429 g/mol. The number of alkyl halides is 3. The molecule has 2 heterocycles. The van der Waals surface area contributed by atoms with E-state index < -0.39 is 17.7 Å². The molecule has 0 atom stereocenters. The Morgan fingerprint density at radius 3 is 2.58 bits per heavy atom. The lowest BCUT2D eigenvalue weighted by atomic mass is 9.99. The number of esters is 1. The lowest BCUT2D eigenvalue weighted by Gasteiger charge is -2.13. The number of ether oxygens (including phenoxy) is 1. The Bertz CT molecular complexity index is 1280. The molecule has 2 aromatic heterocycles. The highest BCUT2D eigenvalue weighted by Gasteiger charge is 2.33. The second-order valence-electron chi connectivity index (χ2n) is 6.89. The number of imidazole rings is 1. The summed E-state index contributed by atoms with van der Waals surface area (Å²) >= 11 is 6.13.